The summed E-state index contributed by atoms with van der Waals surface area (Å²) in [7, 11) is 0. The Bertz CT molecular complexity index is 1190. The quantitative estimate of drug-likeness (QED) is 0.418. The summed E-state index contributed by atoms with van der Waals surface area (Å²) in [5, 5.41) is 18.1. The Morgan fingerprint density at radius 1 is 1.09 bits per heavy atom. The molecular weight excluding hydrogens is 448 g/mol. The molecule has 0 fully saturated rings. The van der Waals surface area contributed by atoms with Crippen LogP contribution in [0.2, 0.25) is 0 Å². The van der Waals surface area contributed by atoms with Gasteiger partial charge >= 0.3 is 12.1 Å². The van der Waals surface area contributed by atoms with E-state index >= 15 is 0 Å². The number of ether oxygens (including phenoxy) is 1. The van der Waals surface area contributed by atoms with Crippen LogP contribution >= 0.6 is 0 Å². The Balaban J connectivity index is 1.36. The number of amides is 2. The monoisotopic (exact) mass is 476 g/mol. The van der Waals surface area contributed by atoms with Gasteiger partial charge in [0.05, 0.1) is 0 Å². The molecule has 0 aliphatic heterocycles. The summed E-state index contributed by atoms with van der Waals surface area (Å²) in [5.74, 6) is -1.12. The molecule has 4 rings (SSSR count). The second-order valence-electron chi connectivity index (χ2n) is 8.71. The van der Waals surface area contributed by atoms with E-state index in [0.717, 1.165) is 22.3 Å². The van der Waals surface area contributed by atoms with Crippen LogP contribution in [-0.4, -0.2) is 57.4 Å². The zero-order chi connectivity index (χ0) is 24.9. The Morgan fingerprint density at radius 3 is 2.31 bits per heavy atom. The number of rotatable bonds is 9. The number of aliphatic carboxylic acids is 1. The lowest BCUT2D eigenvalue weighted by Gasteiger charge is -2.25. The Hall–Kier alpha value is -4.14. The molecule has 1 aliphatic rings. The van der Waals surface area contributed by atoms with Crippen LogP contribution in [0.3, 0.4) is 0 Å². The molecule has 0 radical (unpaired) electrons. The molecule has 1 heterocycles. The van der Waals surface area contributed by atoms with Crippen molar-refractivity contribution in [2.75, 3.05) is 18.5 Å². The van der Waals surface area contributed by atoms with Crippen molar-refractivity contribution in [3.8, 4) is 11.1 Å². The maximum Gasteiger partial charge on any atom is 0.412 e. The minimum Gasteiger partial charge on any atom is -0.481 e. The highest BCUT2D eigenvalue weighted by molar-refractivity contribution is 5.94. The molecule has 9 heteroatoms. The van der Waals surface area contributed by atoms with Gasteiger partial charge in [-0.2, -0.15) is 5.10 Å². The lowest BCUT2D eigenvalue weighted by atomic mass is 9.98. The molecule has 2 amide bonds. The van der Waals surface area contributed by atoms with E-state index in [-0.39, 0.29) is 42.4 Å². The van der Waals surface area contributed by atoms with Crippen LogP contribution in [0.1, 0.15) is 54.2 Å². The number of aromatic amines is 1. The number of nitrogens with one attached hydrogen (secondary N) is 2. The Morgan fingerprint density at radius 2 is 1.71 bits per heavy atom. The van der Waals surface area contributed by atoms with E-state index in [1.165, 1.54) is 6.07 Å². The van der Waals surface area contributed by atoms with Gasteiger partial charge in [0, 0.05) is 31.0 Å². The van der Waals surface area contributed by atoms with Gasteiger partial charge in [0.2, 0.25) is 0 Å². The fourth-order valence-electron chi connectivity index (χ4n) is 4.38. The number of aromatic nitrogens is 2. The average Bonchev–Trinajstić information content (AvgIpc) is 3.42. The smallest absolute Gasteiger partial charge is 0.412 e. The van der Waals surface area contributed by atoms with Gasteiger partial charge in [-0.3, -0.25) is 20.0 Å². The normalized spacial score (nSPS) is 12.2. The number of benzene rings is 2. The SMILES string of the molecule is CC(C)N(CCCC(=O)O)C(=O)c1cc(NC(=O)OCC2c3ccccc3-c3ccccc32)n[nH]1. The number of nitrogens with zero attached hydrogens (tertiary/aromatic N) is 2. The fraction of sp³-hybridized carbons (Fsp3) is 0.308. The van der Waals surface area contributed by atoms with Crippen molar-refractivity contribution in [2.24, 2.45) is 0 Å². The Labute approximate surface area is 203 Å². The third-order valence-electron chi connectivity index (χ3n) is 6.06. The van der Waals surface area contributed by atoms with E-state index < -0.39 is 12.1 Å². The van der Waals surface area contributed by atoms with Crippen LogP contribution in [-0.2, 0) is 9.53 Å². The first-order valence-electron chi connectivity index (χ1n) is 11.5. The summed E-state index contributed by atoms with van der Waals surface area (Å²) in [6.45, 7) is 4.17. The number of anilines is 1. The molecule has 182 valence electrons. The number of carbonyl (C=O) groups excluding carboxylic acids is 2. The van der Waals surface area contributed by atoms with Gasteiger partial charge in [-0.25, -0.2) is 4.79 Å². The van der Waals surface area contributed by atoms with Crippen molar-refractivity contribution < 1.29 is 24.2 Å². The van der Waals surface area contributed by atoms with Crippen LogP contribution in [0.15, 0.2) is 54.6 Å². The third kappa shape index (κ3) is 5.34. The number of fused-ring (bicyclic) bond motifs is 3. The molecular formula is C26H28N4O5. The van der Waals surface area contributed by atoms with Crippen LogP contribution in [0, 0.1) is 0 Å². The van der Waals surface area contributed by atoms with Crippen molar-refractivity contribution in [2.45, 2.75) is 38.6 Å². The van der Waals surface area contributed by atoms with Crippen LogP contribution in [0.25, 0.3) is 11.1 Å². The molecule has 0 spiro atoms. The summed E-state index contributed by atoms with van der Waals surface area (Å²) in [5.41, 5.74) is 4.72. The molecule has 0 saturated heterocycles. The highest BCUT2D eigenvalue weighted by Gasteiger charge is 2.29. The largest absolute Gasteiger partial charge is 0.481 e. The van der Waals surface area contributed by atoms with Gasteiger partial charge in [0.15, 0.2) is 5.82 Å². The molecule has 0 saturated carbocycles. The molecule has 0 bridgehead atoms. The van der Waals surface area contributed by atoms with Crippen LogP contribution in [0.5, 0.6) is 0 Å². The molecule has 1 aliphatic carbocycles. The van der Waals surface area contributed by atoms with Crippen molar-refractivity contribution in [3.63, 3.8) is 0 Å². The predicted molar refractivity (Wildman–Crippen MR) is 130 cm³/mol. The van der Waals surface area contributed by atoms with Crippen LogP contribution < -0.4 is 5.32 Å². The standard InChI is InChI=1S/C26H28N4O5/c1-16(2)30(13-7-12-24(31)32)25(33)22-14-23(29-28-22)27-26(34)35-15-21-19-10-5-3-8-17(19)18-9-4-6-11-20(18)21/h3-6,8-11,14,16,21H,7,12-13,15H2,1-2H3,(H,31,32)(H2,27,28,29,34). The molecule has 9 nitrogen and oxygen atoms in total. The lowest BCUT2D eigenvalue weighted by Crippen LogP contribution is -2.38. The van der Waals surface area contributed by atoms with Gasteiger partial charge < -0.3 is 14.7 Å². The molecule has 35 heavy (non-hydrogen) atoms. The number of carbonyl (C=O) groups is 3. The van der Waals surface area contributed by atoms with Crippen molar-refractivity contribution in [3.05, 3.63) is 71.4 Å². The zero-order valence-electron chi connectivity index (χ0n) is 19.7. The predicted octanol–water partition coefficient (Wildman–Crippen LogP) is 4.49. The van der Waals surface area contributed by atoms with E-state index in [0.29, 0.717) is 13.0 Å². The molecule has 1 aromatic heterocycles. The van der Waals surface area contributed by atoms with Crippen molar-refractivity contribution in [1.29, 1.82) is 0 Å². The van der Waals surface area contributed by atoms with Gasteiger partial charge in [0.25, 0.3) is 5.91 Å². The number of carboxylic acids is 1. The molecule has 0 atom stereocenters. The average molecular weight is 477 g/mol. The second-order valence-corrected chi connectivity index (χ2v) is 8.71. The van der Waals surface area contributed by atoms with E-state index in [1.807, 2.05) is 50.2 Å². The minimum absolute atomic E-state index is 0.0198. The third-order valence-corrected chi connectivity index (χ3v) is 6.06. The van der Waals surface area contributed by atoms with Crippen LogP contribution in [0.4, 0.5) is 10.6 Å². The minimum atomic E-state index is -0.905. The highest BCUT2D eigenvalue weighted by Crippen LogP contribution is 2.44. The fourth-order valence-corrected chi connectivity index (χ4v) is 4.38. The van der Waals surface area contributed by atoms with E-state index in [4.69, 9.17) is 9.84 Å². The maximum atomic E-state index is 12.9. The first-order chi connectivity index (χ1) is 16.8. The summed E-state index contributed by atoms with van der Waals surface area (Å²) < 4.78 is 5.52. The van der Waals surface area contributed by atoms with E-state index in [1.54, 1.807) is 4.90 Å². The Kier molecular flexibility index (Phi) is 7.14. The maximum absolute atomic E-state index is 12.9. The highest BCUT2D eigenvalue weighted by atomic mass is 16.5. The van der Waals surface area contributed by atoms with Crippen molar-refractivity contribution >= 4 is 23.8 Å². The number of hydrogen-bond donors (Lipinski definition) is 3. The lowest BCUT2D eigenvalue weighted by molar-refractivity contribution is -0.137. The number of carboxylic acid groups (broad SMARTS) is 1. The summed E-state index contributed by atoms with van der Waals surface area (Å²) in [6.07, 6.45) is -0.341. The molecule has 2 aromatic carbocycles. The zero-order valence-corrected chi connectivity index (χ0v) is 19.7. The second kappa shape index (κ2) is 10.4. The van der Waals surface area contributed by atoms with Gasteiger partial charge in [-0.05, 0) is 42.5 Å². The van der Waals surface area contributed by atoms with E-state index in [2.05, 4.69) is 27.6 Å². The summed E-state index contributed by atoms with van der Waals surface area (Å²) >= 11 is 0. The summed E-state index contributed by atoms with van der Waals surface area (Å²) in [6, 6.07) is 17.5. The van der Waals surface area contributed by atoms with Gasteiger partial charge in [-0.15, -0.1) is 0 Å². The van der Waals surface area contributed by atoms with Gasteiger partial charge in [0.1, 0.15) is 12.3 Å². The first kappa shape index (κ1) is 24.0. The first-order valence-corrected chi connectivity index (χ1v) is 11.5. The number of H-pyrrole nitrogens is 1. The van der Waals surface area contributed by atoms with E-state index in [9.17, 15) is 14.4 Å². The molecule has 3 aromatic rings. The molecule has 3 N–H and O–H groups in total. The van der Waals surface area contributed by atoms with Gasteiger partial charge in [-0.1, -0.05) is 48.5 Å². The topological polar surface area (TPSA) is 125 Å². The summed E-state index contributed by atoms with van der Waals surface area (Å²) in [4.78, 5) is 37.7. The number of hydrogen-bond acceptors (Lipinski definition) is 5. The van der Waals surface area contributed by atoms with Crippen molar-refractivity contribution in [1.82, 2.24) is 15.1 Å². The molecule has 0 unspecified atom stereocenters.